The van der Waals surface area contributed by atoms with E-state index in [2.05, 4.69) is 0 Å². The van der Waals surface area contributed by atoms with Gasteiger partial charge in [-0.15, -0.1) is 11.6 Å². The minimum absolute atomic E-state index is 0.0521. The van der Waals surface area contributed by atoms with Gasteiger partial charge in [0, 0.05) is 20.1 Å². The molecule has 54 valence electrons. The van der Waals surface area contributed by atoms with Crippen LogP contribution in [-0.2, 0) is 9.47 Å². The summed E-state index contributed by atoms with van der Waals surface area (Å²) in [6, 6.07) is 0.966. The smallest absolute Gasteiger partial charge is 0.136 e. The van der Waals surface area contributed by atoms with Gasteiger partial charge in [0.2, 0.25) is 0 Å². The fourth-order valence-corrected chi connectivity index (χ4v) is 1.44. The third kappa shape index (κ3) is 4.90. The van der Waals surface area contributed by atoms with Crippen LogP contribution in [0.4, 0.5) is 0 Å². The second-order valence-electron chi connectivity index (χ2n) is 1.45. The van der Waals surface area contributed by atoms with Gasteiger partial charge in [0.1, 0.15) is 15.4 Å². The van der Waals surface area contributed by atoms with Gasteiger partial charge in [-0.1, -0.05) is 0 Å². The molecule has 2 radical (unpaired) electrons. The van der Waals surface area contributed by atoms with Gasteiger partial charge in [0.05, 0.1) is 0 Å². The van der Waals surface area contributed by atoms with Crippen LogP contribution in [0.15, 0.2) is 0 Å². The van der Waals surface area contributed by atoms with Crippen LogP contribution in [0, 0.1) is 0 Å². The van der Waals surface area contributed by atoms with Gasteiger partial charge in [0.25, 0.3) is 0 Å². The van der Waals surface area contributed by atoms with E-state index in [1.54, 1.807) is 14.2 Å². The van der Waals surface area contributed by atoms with E-state index in [9.17, 15) is 0 Å². The zero-order chi connectivity index (χ0) is 7.11. The highest BCUT2D eigenvalue weighted by Gasteiger charge is 2.03. The van der Waals surface area contributed by atoms with Gasteiger partial charge < -0.3 is 9.47 Å². The normalized spacial score (nSPS) is 10.7. The van der Waals surface area contributed by atoms with E-state index in [-0.39, 0.29) is 5.91 Å². The van der Waals surface area contributed by atoms with Crippen LogP contribution >= 0.6 is 11.6 Å². The molecule has 0 aliphatic rings. The Morgan fingerprint density at radius 1 is 1.44 bits per heavy atom. The number of halogens is 1. The van der Waals surface area contributed by atoms with Crippen molar-refractivity contribution < 1.29 is 9.47 Å². The summed E-state index contributed by atoms with van der Waals surface area (Å²) in [6.07, 6.45) is 0. The molecule has 0 aliphatic carbocycles. The molecule has 9 heavy (non-hydrogen) atoms. The maximum absolute atomic E-state index is 5.46. The summed E-state index contributed by atoms with van der Waals surface area (Å²) in [7, 11) is 3.92. The summed E-state index contributed by atoms with van der Waals surface area (Å²) in [5.41, 5.74) is 0. The third-order valence-electron chi connectivity index (χ3n) is 0.834. The molecule has 0 aromatic rings. The van der Waals surface area contributed by atoms with Gasteiger partial charge in [-0.3, -0.25) is 0 Å². The topological polar surface area (TPSA) is 18.5 Å². The fraction of sp³-hybridized carbons (Fsp3) is 1.00. The molecular weight excluding hydrogens is 156 g/mol. The Labute approximate surface area is 63.3 Å². The summed E-state index contributed by atoms with van der Waals surface area (Å²) in [5, 5.41) is 0. The Kier molecular flexibility index (Phi) is 6.86. The molecule has 0 aromatic carbocycles. The minimum Gasteiger partial charge on any atom is -0.360 e. The van der Waals surface area contributed by atoms with E-state index in [1.807, 2.05) is 0 Å². The SMILES string of the molecule is COC(OC)[Si]CCCl. The molecule has 0 heterocycles. The van der Waals surface area contributed by atoms with Gasteiger partial charge in [-0.2, -0.15) is 0 Å². The summed E-state index contributed by atoms with van der Waals surface area (Å²) < 4.78 is 9.87. The number of hydrogen-bond acceptors (Lipinski definition) is 2. The highest BCUT2D eigenvalue weighted by atomic mass is 35.5. The van der Waals surface area contributed by atoms with Crippen molar-refractivity contribution in [3.63, 3.8) is 0 Å². The minimum atomic E-state index is -0.0521. The first-order chi connectivity index (χ1) is 4.35. The maximum Gasteiger partial charge on any atom is 0.136 e. The van der Waals surface area contributed by atoms with Gasteiger partial charge in [0.15, 0.2) is 0 Å². The molecule has 0 bridgehead atoms. The molecule has 0 rings (SSSR count). The Balaban J connectivity index is 3.09. The number of ether oxygens (including phenoxy) is 2. The van der Waals surface area contributed by atoms with Gasteiger partial charge in [-0.25, -0.2) is 0 Å². The molecule has 0 unspecified atom stereocenters. The molecule has 0 N–H and O–H groups in total. The van der Waals surface area contributed by atoms with Crippen LogP contribution in [0.25, 0.3) is 0 Å². The molecule has 0 amide bonds. The van der Waals surface area contributed by atoms with Gasteiger partial charge >= 0.3 is 0 Å². The standard InChI is InChI=1S/C5H11ClO2Si/c1-7-5(8-2)9-4-3-6/h5H,3-4H2,1-2H3. The fourth-order valence-electron chi connectivity index (χ4n) is 0.435. The molecule has 0 aromatic heterocycles. The number of rotatable bonds is 5. The van der Waals surface area contributed by atoms with E-state index in [4.69, 9.17) is 21.1 Å². The summed E-state index contributed by atoms with van der Waals surface area (Å²) in [4.78, 5) is 0. The molecule has 0 saturated carbocycles. The predicted molar refractivity (Wildman–Crippen MR) is 39.1 cm³/mol. The Morgan fingerprint density at radius 3 is 2.33 bits per heavy atom. The quantitative estimate of drug-likeness (QED) is 0.344. The second kappa shape index (κ2) is 6.55. The Morgan fingerprint density at radius 2 is 2.00 bits per heavy atom. The molecule has 0 saturated heterocycles. The second-order valence-corrected chi connectivity index (χ2v) is 3.20. The van der Waals surface area contributed by atoms with E-state index in [1.165, 1.54) is 0 Å². The maximum atomic E-state index is 5.46. The monoisotopic (exact) mass is 166 g/mol. The first-order valence-electron chi connectivity index (χ1n) is 2.70. The van der Waals surface area contributed by atoms with Crippen LogP contribution in [0.2, 0.25) is 6.04 Å². The Hall–Kier alpha value is 0.427. The van der Waals surface area contributed by atoms with Crippen LogP contribution in [0.1, 0.15) is 0 Å². The van der Waals surface area contributed by atoms with Crippen molar-refractivity contribution in [1.29, 1.82) is 0 Å². The van der Waals surface area contributed by atoms with E-state index >= 15 is 0 Å². The van der Waals surface area contributed by atoms with Crippen molar-refractivity contribution in [2.24, 2.45) is 0 Å². The van der Waals surface area contributed by atoms with Crippen molar-refractivity contribution >= 4 is 21.1 Å². The zero-order valence-corrected chi connectivity index (χ0v) is 7.44. The third-order valence-corrected chi connectivity index (χ3v) is 2.68. The van der Waals surface area contributed by atoms with Crippen LogP contribution in [0.5, 0.6) is 0 Å². The van der Waals surface area contributed by atoms with Crippen molar-refractivity contribution in [2.45, 2.75) is 12.0 Å². The molecule has 0 atom stereocenters. The zero-order valence-electron chi connectivity index (χ0n) is 5.69. The average molecular weight is 167 g/mol. The van der Waals surface area contributed by atoms with E-state index < -0.39 is 0 Å². The van der Waals surface area contributed by atoms with Crippen LogP contribution in [-0.4, -0.2) is 35.5 Å². The summed E-state index contributed by atoms with van der Waals surface area (Å²) in [6.45, 7) is 0. The van der Waals surface area contributed by atoms with Crippen molar-refractivity contribution in [1.82, 2.24) is 0 Å². The lowest BCUT2D eigenvalue weighted by Gasteiger charge is -2.10. The molecule has 0 aliphatic heterocycles. The Bertz CT molecular complexity index is 58.9. The number of methoxy groups -OCH3 is 2. The lowest BCUT2D eigenvalue weighted by atomic mass is 11.0. The largest absolute Gasteiger partial charge is 0.360 e. The highest BCUT2D eigenvalue weighted by molar-refractivity contribution is 6.38. The van der Waals surface area contributed by atoms with E-state index in [0.29, 0.717) is 15.4 Å². The molecule has 4 heteroatoms. The average Bonchev–Trinajstić information content (AvgIpc) is 1.91. The summed E-state index contributed by atoms with van der Waals surface area (Å²) in [5.74, 6) is 0.630. The van der Waals surface area contributed by atoms with Gasteiger partial charge in [-0.05, 0) is 6.04 Å². The van der Waals surface area contributed by atoms with Crippen molar-refractivity contribution in [3.05, 3.63) is 0 Å². The van der Waals surface area contributed by atoms with Crippen molar-refractivity contribution in [2.75, 3.05) is 20.1 Å². The molecular formula is C5H11ClO2Si. The van der Waals surface area contributed by atoms with E-state index in [0.717, 1.165) is 6.04 Å². The first-order valence-corrected chi connectivity index (χ1v) is 4.52. The lowest BCUT2D eigenvalue weighted by Crippen LogP contribution is -2.21. The molecule has 0 spiro atoms. The predicted octanol–water partition coefficient (Wildman–Crippen LogP) is 0.924. The number of hydrogen-bond donors (Lipinski definition) is 0. The van der Waals surface area contributed by atoms with Crippen molar-refractivity contribution in [3.8, 4) is 0 Å². The highest BCUT2D eigenvalue weighted by Crippen LogP contribution is 1.92. The lowest BCUT2D eigenvalue weighted by molar-refractivity contribution is -0.0439. The van der Waals surface area contributed by atoms with Crippen LogP contribution in [0.3, 0.4) is 0 Å². The molecule has 2 nitrogen and oxygen atoms in total. The summed E-state index contributed by atoms with van der Waals surface area (Å²) >= 11 is 5.46. The van der Waals surface area contributed by atoms with Crippen LogP contribution < -0.4 is 0 Å². The molecule has 0 fully saturated rings. The number of alkyl halides is 1. The first kappa shape index (κ1) is 9.43.